The number of benzene rings is 1. The van der Waals surface area contributed by atoms with Gasteiger partial charge in [-0.1, -0.05) is 25.5 Å². The van der Waals surface area contributed by atoms with Gasteiger partial charge in [0.05, 0.1) is 6.61 Å². The molecule has 0 atom stereocenters. The number of hydrogen-bond acceptors (Lipinski definition) is 3. The summed E-state index contributed by atoms with van der Waals surface area (Å²) in [6.07, 6.45) is 2.27. The third-order valence-electron chi connectivity index (χ3n) is 2.61. The van der Waals surface area contributed by atoms with Gasteiger partial charge < -0.3 is 15.8 Å². The zero-order valence-electron chi connectivity index (χ0n) is 10.9. The van der Waals surface area contributed by atoms with E-state index in [0.29, 0.717) is 5.56 Å². The molecular weight excluding hydrogens is 228 g/mol. The van der Waals surface area contributed by atoms with Crippen molar-refractivity contribution in [3.05, 3.63) is 35.4 Å². The molecule has 0 unspecified atom stereocenters. The Labute approximate surface area is 109 Å². The van der Waals surface area contributed by atoms with Gasteiger partial charge >= 0.3 is 0 Å². The van der Waals surface area contributed by atoms with Gasteiger partial charge in [0.2, 0.25) is 5.91 Å². The van der Waals surface area contributed by atoms with Crippen molar-refractivity contribution in [2.75, 3.05) is 19.8 Å². The lowest BCUT2D eigenvalue weighted by Gasteiger charge is -2.06. The van der Waals surface area contributed by atoms with E-state index in [1.165, 1.54) is 0 Å². The third kappa shape index (κ3) is 5.80. The van der Waals surface area contributed by atoms with Gasteiger partial charge in [-0.2, -0.15) is 0 Å². The summed E-state index contributed by atoms with van der Waals surface area (Å²) in [6, 6.07) is 7.35. The minimum Gasteiger partial charge on any atom is -0.380 e. The number of unbranched alkanes of at least 4 members (excludes halogenated alkanes) is 1. The highest BCUT2D eigenvalue weighted by atomic mass is 16.5. The van der Waals surface area contributed by atoms with Gasteiger partial charge in [0, 0.05) is 25.3 Å². The number of nitrogens with one attached hydrogen (secondary N) is 1. The number of rotatable bonds is 9. The van der Waals surface area contributed by atoms with Gasteiger partial charge in [0.1, 0.15) is 0 Å². The van der Waals surface area contributed by atoms with Gasteiger partial charge in [-0.15, -0.1) is 0 Å². The molecule has 0 aromatic heterocycles. The molecule has 3 N–H and O–H groups in total. The van der Waals surface area contributed by atoms with E-state index in [1.54, 1.807) is 6.07 Å². The van der Waals surface area contributed by atoms with E-state index in [2.05, 4.69) is 12.2 Å². The van der Waals surface area contributed by atoms with Crippen molar-refractivity contribution in [2.45, 2.75) is 26.3 Å². The Kier molecular flexibility index (Phi) is 7.06. The Balaban J connectivity index is 2.19. The fourth-order valence-corrected chi connectivity index (χ4v) is 1.56. The second-order valence-corrected chi connectivity index (χ2v) is 4.21. The summed E-state index contributed by atoms with van der Waals surface area (Å²) in [7, 11) is 0. The lowest BCUT2D eigenvalue weighted by atomic mass is 10.1. The Morgan fingerprint density at radius 3 is 2.94 bits per heavy atom. The fraction of sp³-hybridized carbons (Fsp3) is 0.500. The normalized spacial score (nSPS) is 10.5. The van der Waals surface area contributed by atoms with Gasteiger partial charge in [0.15, 0.2) is 0 Å². The van der Waals surface area contributed by atoms with Gasteiger partial charge in [-0.3, -0.25) is 4.79 Å². The average molecular weight is 250 g/mol. The van der Waals surface area contributed by atoms with E-state index in [-0.39, 0.29) is 5.91 Å². The van der Waals surface area contributed by atoms with Crippen LogP contribution >= 0.6 is 0 Å². The Morgan fingerprint density at radius 1 is 1.39 bits per heavy atom. The lowest BCUT2D eigenvalue weighted by molar-refractivity contribution is 0.1000. The lowest BCUT2D eigenvalue weighted by Crippen LogP contribution is -2.20. The topological polar surface area (TPSA) is 64.3 Å². The molecule has 4 nitrogen and oxygen atoms in total. The maximum Gasteiger partial charge on any atom is 0.248 e. The molecule has 0 aliphatic heterocycles. The van der Waals surface area contributed by atoms with Crippen LogP contribution in [0.3, 0.4) is 0 Å². The third-order valence-corrected chi connectivity index (χ3v) is 2.61. The van der Waals surface area contributed by atoms with Crippen LogP contribution in [0.25, 0.3) is 0 Å². The second kappa shape index (κ2) is 8.66. The van der Waals surface area contributed by atoms with Crippen LogP contribution in [0, 0.1) is 0 Å². The maximum atomic E-state index is 11.0. The molecule has 100 valence electrons. The zero-order valence-corrected chi connectivity index (χ0v) is 10.9. The van der Waals surface area contributed by atoms with Crippen LogP contribution in [0.5, 0.6) is 0 Å². The first kappa shape index (κ1) is 14.7. The molecule has 1 aromatic rings. The van der Waals surface area contributed by atoms with Crippen molar-refractivity contribution >= 4 is 5.91 Å². The molecule has 0 bridgehead atoms. The molecule has 0 saturated carbocycles. The first-order valence-corrected chi connectivity index (χ1v) is 6.41. The van der Waals surface area contributed by atoms with Gasteiger partial charge in [0.25, 0.3) is 0 Å². The van der Waals surface area contributed by atoms with Crippen molar-refractivity contribution in [3.63, 3.8) is 0 Å². The van der Waals surface area contributed by atoms with E-state index >= 15 is 0 Å². The molecule has 0 heterocycles. The Hall–Kier alpha value is -1.39. The number of hydrogen-bond donors (Lipinski definition) is 2. The van der Waals surface area contributed by atoms with Crippen molar-refractivity contribution in [3.8, 4) is 0 Å². The molecule has 1 rings (SSSR count). The highest BCUT2D eigenvalue weighted by molar-refractivity contribution is 5.92. The second-order valence-electron chi connectivity index (χ2n) is 4.21. The number of carbonyl (C=O) groups is 1. The minimum absolute atomic E-state index is 0.389. The van der Waals surface area contributed by atoms with Crippen LogP contribution < -0.4 is 11.1 Å². The highest BCUT2D eigenvalue weighted by Crippen LogP contribution is 2.04. The quantitative estimate of drug-likeness (QED) is 0.656. The summed E-state index contributed by atoms with van der Waals surface area (Å²) in [5, 5.41) is 3.27. The smallest absolute Gasteiger partial charge is 0.248 e. The molecule has 4 heteroatoms. The van der Waals surface area contributed by atoms with Crippen molar-refractivity contribution in [1.82, 2.24) is 5.32 Å². The predicted molar refractivity (Wildman–Crippen MR) is 72.4 cm³/mol. The van der Waals surface area contributed by atoms with Crippen LogP contribution in [-0.2, 0) is 11.3 Å². The minimum atomic E-state index is -0.389. The van der Waals surface area contributed by atoms with Crippen molar-refractivity contribution in [2.24, 2.45) is 5.73 Å². The number of primary amides is 1. The zero-order chi connectivity index (χ0) is 13.2. The van der Waals surface area contributed by atoms with Crippen LogP contribution in [0.2, 0.25) is 0 Å². The summed E-state index contributed by atoms with van der Waals surface area (Å²) < 4.78 is 5.44. The molecule has 0 radical (unpaired) electrons. The van der Waals surface area contributed by atoms with Gasteiger partial charge in [-0.25, -0.2) is 0 Å². The first-order valence-electron chi connectivity index (χ1n) is 6.41. The fourth-order valence-electron chi connectivity index (χ4n) is 1.56. The van der Waals surface area contributed by atoms with Crippen LogP contribution in [-0.4, -0.2) is 25.7 Å². The first-order chi connectivity index (χ1) is 8.74. The SMILES string of the molecule is CCCCOCCNCc1cccc(C(N)=O)c1. The molecule has 0 aliphatic carbocycles. The van der Waals surface area contributed by atoms with Crippen LogP contribution in [0.15, 0.2) is 24.3 Å². The predicted octanol–water partition coefficient (Wildman–Crippen LogP) is 1.69. The molecule has 18 heavy (non-hydrogen) atoms. The monoisotopic (exact) mass is 250 g/mol. The van der Waals surface area contributed by atoms with Crippen LogP contribution in [0.4, 0.5) is 0 Å². The molecule has 1 amide bonds. The summed E-state index contributed by atoms with van der Waals surface area (Å²) in [5.41, 5.74) is 6.83. The highest BCUT2D eigenvalue weighted by Gasteiger charge is 2.00. The van der Waals surface area contributed by atoms with Crippen molar-refractivity contribution in [1.29, 1.82) is 0 Å². The van der Waals surface area contributed by atoms with Crippen LogP contribution in [0.1, 0.15) is 35.7 Å². The molecule has 1 aromatic carbocycles. The number of ether oxygens (including phenoxy) is 1. The molecule has 0 fully saturated rings. The van der Waals surface area contributed by atoms with E-state index in [1.807, 2.05) is 18.2 Å². The van der Waals surface area contributed by atoms with E-state index < -0.39 is 0 Å². The standard InChI is InChI=1S/C14H22N2O2/c1-2-3-8-18-9-7-16-11-12-5-4-6-13(10-12)14(15)17/h4-6,10,16H,2-3,7-9,11H2,1H3,(H2,15,17). The summed E-state index contributed by atoms with van der Waals surface area (Å²) in [6.45, 7) is 5.22. The molecule has 0 aliphatic rings. The summed E-state index contributed by atoms with van der Waals surface area (Å²) in [5.74, 6) is -0.389. The Bertz CT molecular complexity index is 367. The molecule has 0 saturated heterocycles. The van der Waals surface area contributed by atoms with Gasteiger partial charge in [-0.05, 0) is 24.1 Å². The van der Waals surface area contributed by atoms with E-state index in [9.17, 15) is 4.79 Å². The number of carbonyl (C=O) groups excluding carboxylic acids is 1. The maximum absolute atomic E-state index is 11.0. The number of nitrogens with two attached hydrogens (primary N) is 1. The summed E-state index contributed by atoms with van der Waals surface area (Å²) >= 11 is 0. The van der Waals surface area contributed by atoms with Crippen molar-refractivity contribution < 1.29 is 9.53 Å². The summed E-state index contributed by atoms with van der Waals surface area (Å²) in [4.78, 5) is 11.0. The van der Waals surface area contributed by atoms with E-state index in [4.69, 9.17) is 10.5 Å². The van der Waals surface area contributed by atoms with E-state index in [0.717, 1.165) is 44.7 Å². The molecular formula is C14H22N2O2. The average Bonchev–Trinajstić information content (AvgIpc) is 2.38. The molecule has 0 spiro atoms. The largest absolute Gasteiger partial charge is 0.380 e. The Morgan fingerprint density at radius 2 is 2.22 bits per heavy atom. The number of amides is 1.